The number of aromatic hydroxyl groups is 1. The number of amides is 1. The lowest BCUT2D eigenvalue weighted by molar-refractivity contribution is -0.680. The second-order valence-electron chi connectivity index (χ2n) is 6.05. The van der Waals surface area contributed by atoms with E-state index in [0.29, 0.717) is 18.8 Å². The largest absolute Gasteiger partial charge is 0.544 e. The smallest absolute Gasteiger partial charge is 0.230 e. The fourth-order valence-corrected chi connectivity index (χ4v) is 2.48. The molecule has 0 fully saturated rings. The number of carboxylic acid groups (broad SMARTS) is 1. The minimum Gasteiger partial charge on any atom is -0.544 e. The summed E-state index contributed by atoms with van der Waals surface area (Å²) in [6.07, 6.45) is -0.201. The molecule has 0 radical (unpaired) electrons. The molecule has 2 aromatic rings. The van der Waals surface area contributed by atoms with Crippen molar-refractivity contribution in [3.63, 3.8) is 0 Å². The number of phenols is 1. The number of anilines is 2. The van der Waals surface area contributed by atoms with Gasteiger partial charge in [-0.3, -0.25) is 4.79 Å². The van der Waals surface area contributed by atoms with E-state index < -0.39 is 17.9 Å². The number of hydrogen-bond acceptors (Lipinski definition) is 5. The highest BCUT2D eigenvalue weighted by molar-refractivity contribution is 5.93. The van der Waals surface area contributed by atoms with E-state index in [0.717, 1.165) is 11.3 Å². The van der Waals surface area contributed by atoms with Crippen molar-refractivity contribution >= 4 is 23.3 Å². The number of nitrogens with two attached hydrogens (primary N) is 1. The van der Waals surface area contributed by atoms with Gasteiger partial charge in [-0.1, -0.05) is 12.1 Å². The molecule has 7 heteroatoms. The number of carboxylic acids is 1. The molecule has 1 amide bonds. The van der Waals surface area contributed by atoms with Crippen molar-refractivity contribution in [3.05, 3.63) is 54.1 Å². The van der Waals surface area contributed by atoms with Crippen molar-refractivity contribution in [3.8, 4) is 5.75 Å². The first-order valence-electron chi connectivity index (χ1n) is 8.37. The zero-order valence-electron chi connectivity index (χ0n) is 14.6. The van der Waals surface area contributed by atoms with Gasteiger partial charge < -0.3 is 31.0 Å². The monoisotopic (exact) mass is 357 g/mol. The van der Waals surface area contributed by atoms with Crippen LogP contribution >= 0.6 is 0 Å². The van der Waals surface area contributed by atoms with Crippen LogP contribution in [0.5, 0.6) is 5.75 Å². The third kappa shape index (κ3) is 6.45. The Kier molecular flexibility index (Phi) is 6.99. The Labute approximate surface area is 152 Å². The molecule has 0 aliphatic rings. The Bertz CT molecular complexity index is 747. The molecule has 2 aromatic carbocycles. The highest BCUT2D eigenvalue weighted by atomic mass is 16.4. The van der Waals surface area contributed by atoms with E-state index in [1.165, 1.54) is 24.3 Å². The van der Waals surface area contributed by atoms with Crippen molar-refractivity contribution in [1.29, 1.82) is 0 Å². The van der Waals surface area contributed by atoms with Crippen LogP contribution in [0.15, 0.2) is 48.5 Å². The van der Waals surface area contributed by atoms with Crippen LogP contribution in [0.3, 0.4) is 0 Å². The number of carbonyl (C=O) groups excluding carboxylic acids is 2. The number of rotatable bonds is 9. The quantitative estimate of drug-likeness (QED) is 0.367. The lowest BCUT2D eigenvalue weighted by Crippen LogP contribution is -2.94. The summed E-state index contributed by atoms with van der Waals surface area (Å²) in [6.45, 7) is 3.04. The third-order valence-electron chi connectivity index (χ3n) is 3.80. The molecule has 138 valence electrons. The number of benzene rings is 2. The van der Waals surface area contributed by atoms with Crippen molar-refractivity contribution in [2.24, 2.45) is 0 Å². The van der Waals surface area contributed by atoms with Crippen molar-refractivity contribution in [2.45, 2.75) is 19.4 Å². The number of phenolic OH excluding ortho intramolecular Hbond substituents is 1. The Balaban J connectivity index is 1.77. The molecule has 1 atom stereocenters. The van der Waals surface area contributed by atoms with Crippen LogP contribution in [0.4, 0.5) is 11.4 Å². The molecule has 0 aromatic heterocycles. The molecule has 0 aliphatic carbocycles. The lowest BCUT2D eigenvalue weighted by Gasteiger charge is -2.17. The standard InChI is InChI=1S/C19H23N3O4/c1-13-3-2-4-15(11-13)20-9-10-21-17(19(25)26)12-18(24)22-14-5-7-16(23)8-6-14/h2-8,11,17,20-21,23H,9-10,12H2,1H3,(H,22,24)(H,25,26)/t17-/m0/s1. The summed E-state index contributed by atoms with van der Waals surface area (Å²) in [6, 6.07) is 12.9. The fraction of sp³-hybridized carbons (Fsp3) is 0.263. The zero-order valence-corrected chi connectivity index (χ0v) is 14.6. The SMILES string of the molecule is Cc1cccc(NCC[NH2+][C@@H](CC(=O)Nc2ccc(O)cc2)C(=O)[O-])c1. The van der Waals surface area contributed by atoms with Gasteiger partial charge in [-0.05, 0) is 48.9 Å². The number of aryl methyl sites for hydroxylation is 1. The number of nitrogens with one attached hydrogen (secondary N) is 2. The summed E-state index contributed by atoms with van der Waals surface area (Å²) in [5.41, 5.74) is 2.59. The first kappa shape index (κ1) is 19.3. The Morgan fingerprint density at radius 1 is 1.15 bits per heavy atom. The van der Waals surface area contributed by atoms with Crippen LogP contribution in [0.25, 0.3) is 0 Å². The molecule has 0 bridgehead atoms. The van der Waals surface area contributed by atoms with Gasteiger partial charge in [0.25, 0.3) is 0 Å². The molecule has 7 nitrogen and oxygen atoms in total. The average Bonchev–Trinajstić information content (AvgIpc) is 2.59. The van der Waals surface area contributed by atoms with E-state index in [2.05, 4.69) is 10.6 Å². The first-order chi connectivity index (χ1) is 12.4. The van der Waals surface area contributed by atoms with Crippen LogP contribution in [0.2, 0.25) is 0 Å². The highest BCUT2D eigenvalue weighted by Crippen LogP contribution is 2.13. The van der Waals surface area contributed by atoms with Gasteiger partial charge in [-0.25, -0.2) is 0 Å². The second kappa shape index (κ2) is 9.43. The Morgan fingerprint density at radius 2 is 1.88 bits per heavy atom. The maximum Gasteiger partial charge on any atom is 0.230 e. The number of aliphatic carboxylic acids is 1. The average molecular weight is 357 g/mol. The minimum atomic E-state index is -1.28. The van der Waals surface area contributed by atoms with E-state index in [4.69, 9.17) is 0 Å². The van der Waals surface area contributed by atoms with Crippen molar-refractivity contribution in [1.82, 2.24) is 0 Å². The van der Waals surface area contributed by atoms with Gasteiger partial charge >= 0.3 is 0 Å². The van der Waals surface area contributed by atoms with Crippen LogP contribution in [0, 0.1) is 6.92 Å². The Hall–Kier alpha value is -3.06. The lowest BCUT2D eigenvalue weighted by atomic mass is 10.2. The number of quaternary nitrogens is 1. The third-order valence-corrected chi connectivity index (χ3v) is 3.80. The molecule has 2 rings (SSSR count). The molecule has 0 heterocycles. The summed E-state index contributed by atoms with van der Waals surface area (Å²) in [5.74, 6) is -1.61. The topological polar surface area (TPSA) is 118 Å². The summed E-state index contributed by atoms with van der Waals surface area (Å²) in [7, 11) is 0. The second-order valence-corrected chi connectivity index (χ2v) is 6.05. The van der Waals surface area contributed by atoms with Gasteiger partial charge in [0.15, 0.2) is 0 Å². The molecule has 0 unspecified atom stereocenters. The molecular weight excluding hydrogens is 334 g/mol. The number of carbonyl (C=O) groups is 2. The fourth-order valence-electron chi connectivity index (χ4n) is 2.48. The molecular formula is C19H23N3O4. The van der Waals surface area contributed by atoms with Crippen molar-refractivity contribution in [2.75, 3.05) is 23.7 Å². The molecule has 0 saturated carbocycles. The molecule has 0 aliphatic heterocycles. The summed E-state index contributed by atoms with van der Waals surface area (Å²) >= 11 is 0. The summed E-state index contributed by atoms with van der Waals surface area (Å²) < 4.78 is 0. The van der Waals surface area contributed by atoms with Gasteiger partial charge in [0.05, 0.1) is 25.5 Å². The normalized spacial score (nSPS) is 11.6. The van der Waals surface area contributed by atoms with Gasteiger partial charge in [-0.2, -0.15) is 0 Å². The zero-order chi connectivity index (χ0) is 18.9. The van der Waals surface area contributed by atoms with Gasteiger partial charge in [-0.15, -0.1) is 0 Å². The van der Waals surface area contributed by atoms with Crippen LogP contribution in [-0.2, 0) is 9.59 Å². The van der Waals surface area contributed by atoms with E-state index in [1.807, 2.05) is 31.2 Å². The summed E-state index contributed by atoms with van der Waals surface area (Å²) in [5, 5.41) is 27.9. The minimum absolute atomic E-state index is 0.0880. The van der Waals surface area contributed by atoms with E-state index >= 15 is 0 Å². The molecule has 26 heavy (non-hydrogen) atoms. The molecule has 0 saturated heterocycles. The predicted octanol–water partition coefficient (Wildman–Crippen LogP) is -0.177. The van der Waals surface area contributed by atoms with Gasteiger partial charge in [0, 0.05) is 11.4 Å². The van der Waals surface area contributed by atoms with Gasteiger partial charge in [0.1, 0.15) is 11.8 Å². The van der Waals surface area contributed by atoms with Crippen LogP contribution in [-0.4, -0.2) is 36.1 Å². The molecule has 5 N–H and O–H groups in total. The first-order valence-corrected chi connectivity index (χ1v) is 8.37. The Morgan fingerprint density at radius 3 is 2.54 bits per heavy atom. The van der Waals surface area contributed by atoms with Crippen molar-refractivity contribution < 1.29 is 25.1 Å². The summed E-state index contributed by atoms with van der Waals surface area (Å²) in [4.78, 5) is 23.3. The van der Waals surface area contributed by atoms with E-state index in [9.17, 15) is 19.8 Å². The van der Waals surface area contributed by atoms with Gasteiger partial charge in [0.2, 0.25) is 5.91 Å². The van der Waals surface area contributed by atoms with Crippen LogP contribution in [0.1, 0.15) is 12.0 Å². The van der Waals surface area contributed by atoms with E-state index in [1.54, 1.807) is 5.32 Å². The maximum atomic E-state index is 12.0. The van der Waals surface area contributed by atoms with E-state index in [-0.39, 0.29) is 12.2 Å². The maximum absolute atomic E-state index is 12.0. The van der Waals surface area contributed by atoms with Crippen LogP contribution < -0.4 is 21.1 Å². The molecule has 0 spiro atoms. The predicted molar refractivity (Wildman–Crippen MR) is 96.6 cm³/mol. The number of hydrogen-bond donors (Lipinski definition) is 4. The highest BCUT2D eigenvalue weighted by Gasteiger charge is 2.18.